The van der Waals surface area contributed by atoms with Gasteiger partial charge in [0.25, 0.3) is 5.91 Å². The van der Waals surface area contributed by atoms with Crippen LogP contribution in [0.2, 0.25) is 0 Å². The van der Waals surface area contributed by atoms with E-state index in [0.717, 1.165) is 49.1 Å². The fourth-order valence-corrected chi connectivity index (χ4v) is 5.15. The van der Waals surface area contributed by atoms with Gasteiger partial charge >= 0.3 is 6.03 Å². The van der Waals surface area contributed by atoms with Gasteiger partial charge in [-0.1, -0.05) is 18.9 Å². The first-order valence-corrected chi connectivity index (χ1v) is 10.2. The lowest BCUT2D eigenvalue weighted by atomic mass is 9.78. The Hall–Kier alpha value is -2.51. The van der Waals surface area contributed by atoms with Gasteiger partial charge < -0.3 is 10.2 Å². The monoisotopic (exact) mass is 405 g/mol. The summed E-state index contributed by atoms with van der Waals surface area (Å²) in [5.74, 6) is -2.48. The average molecular weight is 405 g/mol. The second-order valence-electron chi connectivity index (χ2n) is 8.38. The molecule has 2 heterocycles. The molecule has 3 unspecified atom stereocenters. The Morgan fingerprint density at radius 1 is 1.14 bits per heavy atom. The standard InChI is InChI=1S/C21H25F2N3O3/c1-21(18-14(22)8-4-9-15(18)23)19(28)26(20(29)24-21)12-17(27)25-11-5-7-13-6-2-3-10-16(13)25/h4,8-9,13,16H,2-3,5-7,10-12H2,1H3,(H,24,29). The van der Waals surface area contributed by atoms with Gasteiger partial charge in [0.1, 0.15) is 23.7 Å². The first-order chi connectivity index (χ1) is 13.8. The average Bonchev–Trinajstić information content (AvgIpc) is 2.91. The van der Waals surface area contributed by atoms with Crippen LogP contribution < -0.4 is 5.32 Å². The van der Waals surface area contributed by atoms with Crippen molar-refractivity contribution in [1.29, 1.82) is 0 Å². The number of nitrogens with one attached hydrogen (secondary N) is 1. The number of hydrogen-bond donors (Lipinski definition) is 1. The van der Waals surface area contributed by atoms with Crippen LogP contribution in [-0.2, 0) is 15.1 Å². The third-order valence-corrected chi connectivity index (χ3v) is 6.59. The zero-order valence-corrected chi connectivity index (χ0v) is 16.4. The van der Waals surface area contributed by atoms with Crippen LogP contribution in [0.1, 0.15) is 51.0 Å². The molecule has 6 nitrogen and oxygen atoms in total. The van der Waals surface area contributed by atoms with Crippen LogP contribution in [-0.4, -0.2) is 46.8 Å². The Bertz CT molecular complexity index is 839. The van der Waals surface area contributed by atoms with Crippen LogP contribution in [0.4, 0.5) is 13.6 Å². The van der Waals surface area contributed by atoms with E-state index in [0.29, 0.717) is 12.5 Å². The highest BCUT2D eigenvalue weighted by atomic mass is 19.1. The molecule has 3 atom stereocenters. The van der Waals surface area contributed by atoms with E-state index in [2.05, 4.69) is 5.32 Å². The number of rotatable bonds is 3. The molecule has 8 heteroatoms. The van der Waals surface area contributed by atoms with Gasteiger partial charge in [-0.05, 0) is 50.7 Å². The highest BCUT2D eigenvalue weighted by Gasteiger charge is 2.52. The molecule has 2 saturated heterocycles. The molecule has 0 radical (unpaired) electrons. The van der Waals surface area contributed by atoms with Crippen LogP contribution in [0, 0.1) is 17.6 Å². The lowest BCUT2D eigenvalue weighted by Crippen LogP contribution is -2.53. The third kappa shape index (κ3) is 3.28. The second-order valence-corrected chi connectivity index (χ2v) is 8.38. The quantitative estimate of drug-likeness (QED) is 0.787. The van der Waals surface area contributed by atoms with Crippen molar-refractivity contribution < 1.29 is 23.2 Å². The minimum Gasteiger partial charge on any atom is -0.338 e. The number of imide groups is 1. The Balaban J connectivity index is 1.54. The predicted octanol–water partition coefficient (Wildman–Crippen LogP) is 2.91. The van der Waals surface area contributed by atoms with Crippen LogP contribution in [0.3, 0.4) is 0 Å². The molecule has 0 aromatic heterocycles. The molecule has 1 aromatic carbocycles. The summed E-state index contributed by atoms with van der Waals surface area (Å²) >= 11 is 0. The summed E-state index contributed by atoms with van der Waals surface area (Å²) in [7, 11) is 0. The number of carbonyl (C=O) groups excluding carboxylic acids is 3. The van der Waals surface area contributed by atoms with E-state index < -0.39 is 41.2 Å². The molecule has 3 fully saturated rings. The lowest BCUT2D eigenvalue weighted by Gasteiger charge is -2.44. The van der Waals surface area contributed by atoms with Crippen LogP contribution in [0.25, 0.3) is 0 Å². The molecule has 4 rings (SSSR count). The smallest absolute Gasteiger partial charge is 0.325 e. The van der Waals surface area contributed by atoms with Crippen molar-refractivity contribution in [2.75, 3.05) is 13.1 Å². The van der Waals surface area contributed by atoms with Gasteiger partial charge in [-0.3, -0.25) is 14.5 Å². The molecule has 29 heavy (non-hydrogen) atoms. The first kappa shape index (κ1) is 19.8. The normalized spacial score (nSPS) is 29.6. The van der Waals surface area contributed by atoms with Gasteiger partial charge in [0, 0.05) is 12.6 Å². The Kier molecular flexibility index (Phi) is 5.04. The van der Waals surface area contributed by atoms with Crippen LogP contribution in [0.15, 0.2) is 18.2 Å². The van der Waals surface area contributed by atoms with Crippen molar-refractivity contribution in [1.82, 2.24) is 15.1 Å². The highest BCUT2D eigenvalue weighted by Crippen LogP contribution is 2.36. The van der Waals surface area contributed by atoms with Gasteiger partial charge in [0.05, 0.1) is 5.56 Å². The van der Waals surface area contributed by atoms with Crippen molar-refractivity contribution >= 4 is 17.8 Å². The van der Waals surface area contributed by atoms with Crippen molar-refractivity contribution in [3.63, 3.8) is 0 Å². The third-order valence-electron chi connectivity index (χ3n) is 6.59. The largest absolute Gasteiger partial charge is 0.338 e. The molecule has 156 valence electrons. The fraction of sp³-hybridized carbons (Fsp3) is 0.571. The number of carbonyl (C=O) groups is 3. The number of fused-ring (bicyclic) bond motifs is 1. The van der Waals surface area contributed by atoms with Crippen LogP contribution in [0.5, 0.6) is 0 Å². The van der Waals surface area contributed by atoms with Gasteiger partial charge in [-0.25, -0.2) is 13.6 Å². The zero-order valence-electron chi connectivity index (χ0n) is 16.4. The molecule has 0 spiro atoms. The summed E-state index contributed by atoms with van der Waals surface area (Å²) in [5, 5.41) is 2.38. The Labute approximate surface area is 168 Å². The molecule has 4 amide bonds. The highest BCUT2D eigenvalue weighted by molar-refractivity contribution is 6.09. The number of likely N-dealkylation sites (tertiary alicyclic amines) is 1. The van der Waals surface area contributed by atoms with Crippen molar-refractivity contribution in [2.45, 2.75) is 57.0 Å². The van der Waals surface area contributed by atoms with E-state index in [1.807, 2.05) is 0 Å². The van der Waals surface area contributed by atoms with Gasteiger partial charge in [-0.15, -0.1) is 0 Å². The molecular formula is C21H25F2N3O3. The van der Waals surface area contributed by atoms with E-state index in [1.165, 1.54) is 19.4 Å². The number of amides is 4. The number of benzene rings is 1. The number of halogens is 2. The lowest BCUT2D eigenvalue weighted by molar-refractivity contribution is -0.143. The topological polar surface area (TPSA) is 69.7 Å². The maximum Gasteiger partial charge on any atom is 0.325 e. The SMILES string of the molecule is CC1(c2c(F)cccc2F)NC(=O)N(CC(=O)N2CCCC3CCCCC32)C1=O. The fourth-order valence-electron chi connectivity index (χ4n) is 5.15. The molecule has 1 aromatic rings. The molecule has 0 bridgehead atoms. The molecule has 3 aliphatic rings. The Morgan fingerprint density at radius 3 is 2.52 bits per heavy atom. The van der Waals surface area contributed by atoms with Gasteiger partial charge in [0.15, 0.2) is 0 Å². The van der Waals surface area contributed by atoms with Crippen LogP contribution >= 0.6 is 0 Å². The van der Waals surface area contributed by atoms with Crippen molar-refractivity contribution in [2.24, 2.45) is 5.92 Å². The predicted molar refractivity (Wildman–Crippen MR) is 101 cm³/mol. The molecule has 1 saturated carbocycles. The number of urea groups is 1. The molecule has 1 aliphatic carbocycles. The summed E-state index contributed by atoms with van der Waals surface area (Å²) in [6, 6.07) is 2.60. The summed E-state index contributed by atoms with van der Waals surface area (Å²) in [5.41, 5.74) is -2.40. The summed E-state index contributed by atoms with van der Waals surface area (Å²) in [6.45, 7) is 1.46. The summed E-state index contributed by atoms with van der Waals surface area (Å²) in [6.07, 6.45) is 6.28. The van der Waals surface area contributed by atoms with Crippen molar-refractivity contribution in [3.8, 4) is 0 Å². The maximum atomic E-state index is 14.3. The number of nitrogens with zero attached hydrogens (tertiary/aromatic N) is 2. The zero-order chi connectivity index (χ0) is 20.8. The molecule has 1 N–H and O–H groups in total. The van der Waals surface area contributed by atoms with E-state index >= 15 is 0 Å². The summed E-state index contributed by atoms with van der Waals surface area (Å²) < 4.78 is 28.6. The number of hydrogen-bond acceptors (Lipinski definition) is 3. The van der Waals surface area contributed by atoms with Crippen molar-refractivity contribution in [3.05, 3.63) is 35.4 Å². The van der Waals surface area contributed by atoms with Gasteiger partial charge in [-0.2, -0.15) is 0 Å². The maximum absolute atomic E-state index is 14.3. The second kappa shape index (κ2) is 7.39. The first-order valence-electron chi connectivity index (χ1n) is 10.2. The minimum atomic E-state index is -1.89. The van der Waals surface area contributed by atoms with E-state index in [4.69, 9.17) is 0 Å². The van der Waals surface area contributed by atoms with E-state index in [-0.39, 0.29) is 11.9 Å². The minimum absolute atomic E-state index is 0.154. The summed E-state index contributed by atoms with van der Waals surface area (Å²) in [4.78, 5) is 41.0. The van der Waals surface area contributed by atoms with Gasteiger partial charge in [0.2, 0.25) is 5.91 Å². The van der Waals surface area contributed by atoms with E-state index in [1.54, 1.807) is 4.90 Å². The van der Waals surface area contributed by atoms with E-state index in [9.17, 15) is 23.2 Å². The molecule has 2 aliphatic heterocycles. The Morgan fingerprint density at radius 2 is 1.79 bits per heavy atom. The molecular weight excluding hydrogens is 380 g/mol. The number of piperidine rings is 1.